The smallest absolute Gasteiger partial charge is 0.319 e. The second kappa shape index (κ2) is 6.90. The van der Waals surface area contributed by atoms with Gasteiger partial charge in [-0.2, -0.15) is 0 Å². The molecule has 1 aromatic heterocycles. The normalized spacial score (nSPS) is 24.4. The summed E-state index contributed by atoms with van der Waals surface area (Å²) in [5.41, 5.74) is 2.62. The molecule has 3 aliphatic rings. The van der Waals surface area contributed by atoms with Crippen molar-refractivity contribution in [2.24, 2.45) is 5.92 Å². The Morgan fingerprint density at radius 3 is 2.93 bits per heavy atom. The highest BCUT2D eigenvalue weighted by molar-refractivity contribution is 6.35. The summed E-state index contributed by atoms with van der Waals surface area (Å²) < 4.78 is 6.25. The molecule has 0 bridgehead atoms. The molecule has 2 aliphatic heterocycles. The second-order valence-corrected chi connectivity index (χ2v) is 8.77. The highest BCUT2D eigenvalue weighted by Crippen LogP contribution is 2.48. The zero-order chi connectivity index (χ0) is 19.3. The summed E-state index contributed by atoms with van der Waals surface area (Å²) in [5, 5.41) is 15.9. The maximum atomic E-state index is 12.3. The Bertz CT molecular complexity index is 922. The van der Waals surface area contributed by atoms with Crippen LogP contribution in [0.2, 0.25) is 5.02 Å². The number of carbonyl (C=O) groups is 1. The van der Waals surface area contributed by atoms with Gasteiger partial charge in [0.25, 0.3) is 0 Å². The molecule has 1 atom stereocenters. The van der Waals surface area contributed by atoms with Crippen LogP contribution >= 0.6 is 11.6 Å². The van der Waals surface area contributed by atoms with Crippen LogP contribution in [0, 0.1) is 5.92 Å². The van der Waals surface area contributed by atoms with Crippen LogP contribution in [-0.2, 0) is 12.1 Å². The number of anilines is 1. The first-order valence-corrected chi connectivity index (χ1v) is 10.5. The van der Waals surface area contributed by atoms with Crippen LogP contribution < -0.4 is 10.6 Å². The van der Waals surface area contributed by atoms with Gasteiger partial charge in [-0.3, -0.25) is 4.90 Å². The van der Waals surface area contributed by atoms with Crippen molar-refractivity contribution in [2.75, 3.05) is 25.0 Å². The summed E-state index contributed by atoms with van der Waals surface area (Å²) in [6.45, 7) is 2.63. The van der Waals surface area contributed by atoms with E-state index in [1.807, 2.05) is 0 Å². The lowest BCUT2D eigenvalue weighted by atomic mass is 9.74. The maximum Gasteiger partial charge on any atom is 0.319 e. The largest absolute Gasteiger partial charge is 0.439 e. The van der Waals surface area contributed by atoms with Crippen LogP contribution in [0.5, 0.6) is 0 Å². The molecule has 1 aliphatic carbocycles. The molecule has 150 valence electrons. The third-order valence-electron chi connectivity index (χ3n) is 6.44. The molecule has 1 spiro atoms. The molecule has 2 fully saturated rings. The van der Waals surface area contributed by atoms with E-state index in [-0.39, 0.29) is 12.6 Å². The van der Waals surface area contributed by atoms with Crippen molar-refractivity contribution < 1.29 is 14.3 Å². The summed E-state index contributed by atoms with van der Waals surface area (Å²) >= 11 is 6.54. The minimum Gasteiger partial charge on any atom is -0.439 e. The number of benzene rings is 1. The Labute approximate surface area is 168 Å². The van der Waals surface area contributed by atoms with Crippen molar-refractivity contribution in [3.8, 4) is 0 Å². The Hall–Kier alpha value is -1.83. The number of hydrogen-bond acceptors (Lipinski definition) is 5. The van der Waals surface area contributed by atoms with Crippen LogP contribution in [0.1, 0.15) is 50.0 Å². The van der Waals surface area contributed by atoms with Crippen molar-refractivity contribution in [1.29, 1.82) is 0 Å². The fourth-order valence-electron chi connectivity index (χ4n) is 5.08. The average molecular weight is 405 g/mol. The van der Waals surface area contributed by atoms with E-state index in [2.05, 4.69) is 15.5 Å². The lowest BCUT2D eigenvalue weighted by Crippen LogP contribution is -2.52. The predicted octanol–water partition coefficient (Wildman–Crippen LogP) is 3.59. The van der Waals surface area contributed by atoms with Crippen LogP contribution in [0.3, 0.4) is 0 Å². The first kappa shape index (κ1) is 18.2. The summed E-state index contributed by atoms with van der Waals surface area (Å²) in [6, 6.07) is 1.58. The lowest BCUT2D eigenvalue weighted by Gasteiger charge is -2.42. The fraction of sp³-hybridized carbons (Fsp3) is 0.600. The molecule has 0 radical (unpaired) electrons. The number of aromatic nitrogens is 1. The van der Waals surface area contributed by atoms with E-state index in [9.17, 15) is 9.90 Å². The number of likely N-dealkylation sites (tertiary alicyclic amines) is 1. The monoisotopic (exact) mass is 404 g/mol. The molecule has 28 heavy (non-hydrogen) atoms. The predicted molar refractivity (Wildman–Crippen MR) is 106 cm³/mol. The number of amides is 2. The number of nitrogens with one attached hydrogen (secondary N) is 2. The molecule has 1 saturated carbocycles. The summed E-state index contributed by atoms with van der Waals surface area (Å²) in [7, 11) is 0. The van der Waals surface area contributed by atoms with Crippen molar-refractivity contribution in [3.63, 3.8) is 0 Å². The van der Waals surface area contributed by atoms with E-state index >= 15 is 0 Å². The SMILES string of the molecule is O=C1Nc2c(Cl)cc3nc(CN4CCC(CO)C4)oc3c2C2(CCCCC2)N1. The van der Waals surface area contributed by atoms with Gasteiger partial charge in [0.2, 0.25) is 5.89 Å². The number of carbonyl (C=O) groups excluding carboxylic acids is 1. The van der Waals surface area contributed by atoms with Gasteiger partial charge < -0.3 is 20.2 Å². The van der Waals surface area contributed by atoms with Crippen molar-refractivity contribution in [3.05, 3.63) is 22.5 Å². The van der Waals surface area contributed by atoms with Crippen LogP contribution in [0.15, 0.2) is 10.5 Å². The van der Waals surface area contributed by atoms with Crippen LogP contribution in [-0.4, -0.2) is 40.7 Å². The third kappa shape index (κ3) is 2.96. The highest BCUT2D eigenvalue weighted by atomic mass is 35.5. The Morgan fingerprint density at radius 2 is 2.18 bits per heavy atom. The zero-order valence-electron chi connectivity index (χ0n) is 15.8. The van der Waals surface area contributed by atoms with Crippen molar-refractivity contribution in [1.82, 2.24) is 15.2 Å². The van der Waals surface area contributed by atoms with Gasteiger partial charge in [0.15, 0.2) is 5.58 Å². The molecule has 8 heteroatoms. The van der Waals surface area contributed by atoms with Gasteiger partial charge in [0.05, 0.1) is 22.8 Å². The molecule has 2 aromatic rings. The summed E-state index contributed by atoms with van der Waals surface area (Å²) in [5.74, 6) is 0.984. The molecule has 2 amide bonds. The summed E-state index contributed by atoms with van der Waals surface area (Å²) in [6.07, 6.45) is 6.05. The fourth-order valence-corrected chi connectivity index (χ4v) is 5.32. The van der Waals surface area contributed by atoms with E-state index in [0.29, 0.717) is 29.1 Å². The molecular formula is C20H25ClN4O3. The molecule has 7 nitrogen and oxygen atoms in total. The standard InChI is InChI=1S/C20H25ClN4O3/c21-13-8-14-18(28-15(22-14)10-25-7-4-12(9-25)11-26)16-17(13)23-19(27)24-20(16)5-2-1-3-6-20/h8,12,26H,1-7,9-11H2,(H2,23,24,27). The van der Waals surface area contributed by atoms with Crippen LogP contribution in [0.25, 0.3) is 11.1 Å². The van der Waals surface area contributed by atoms with Gasteiger partial charge >= 0.3 is 6.03 Å². The number of aliphatic hydroxyl groups is 1. The number of urea groups is 1. The molecule has 1 unspecified atom stereocenters. The minimum atomic E-state index is -0.439. The van der Waals surface area contributed by atoms with E-state index in [1.165, 1.54) is 6.42 Å². The van der Waals surface area contributed by atoms with Gasteiger partial charge in [0, 0.05) is 18.7 Å². The number of fused-ring (bicyclic) bond motifs is 4. The van der Waals surface area contributed by atoms with E-state index in [1.54, 1.807) is 6.07 Å². The Balaban J connectivity index is 1.56. The summed E-state index contributed by atoms with van der Waals surface area (Å²) in [4.78, 5) is 19.3. The van der Waals surface area contributed by atoms with Crippen molar-refractivity contribution >= 4 is 34.4 Å². The number of aliphatic hydroxyl groups excluding tert-OH is 1. The van der Waals surface area contributed by atoms with E-state index in [4.69, 9.17) is 21.0 Å². The maximum absolute atomic E-state index is 12.3. The molecule has 5 rings (SSSR count). The molecule has 1 aromatic carbocycles. The number of rotatable bonds is 3. The second-order valence-electron chi connectivity index (χ2n) is 8.36. The van der Waals surface area contributed by atoms with Crippen molar-refractivity contribution in [2.45, 2.75) is 50.6 Å². The topological polar surface area (TPSA) is 90.6 Å². The average Bonchev–Trinajstić information content (AvgIpc) is 3.29. The lowest BCUT2D eigenvalue weighted by molar-refractivity contribution is 0.208. The quantitative estimate of drug-likeness (QED) is 0.727. The number of halogens is 1. The van der Waals surface area contributed by atoms with Crippen LogP contribution in [0.4, 0.5) is 10.5 Å². The molecular weight excluding hydrogens is 380 g/mol. The van der Waals surface area contributed by atoms with Gasteiger partial charge in [-0.25, -0.2) is 9.78 Å². The zero-order valence-corrected chi connectivity index (χ0v) is 16.5. The first-order valence-electron chi connectivity index (χ1n) is 10.1. The molecule has 1 saturated heterocycles. The van der Waals surface area contributed by atoms with E-state index < -0.39 is 5.54 Å². The van der Waals surface area contributed by atoms with Gasteiger partial charge in [-0.05, 0) is 37.8 Å². The van der Waals surface area contributed by atoms with Gasteiger partial charge in [-0.1, -0.05) is 30.9 Å². The Kier molecular flexibility index (Phi) is 4.49. The van der Waals surface area contributed by atoms with Gasteiger partial charge in [-0.15, -0.1) is 0 Å². The molecule has 3 heterocycles. The molecule has 3 N–H and O–H groups in total. The minimum absolute atomic E-state index is 0.206. The number of nitrogens with zero attached hydrogens (tertiary/aromatic N) is 2. The third-order valence-corrected chi connectivity index (χ3v) is 6.74. The first-order chi connectivity index (χ1) is 13.6. The van der Waals surface area contributed by atoms with Gasteiger partial charge in [0.1, 0.15) is 5.52 Å². The number of hydrogen-bond donors (Lipinski definition) is 3. The highest BCUT2D eigenvalue weighted by Gasteiger charge is 2.44. The Morgan fingerprint density at radius 1 is 1.36 bits per heavy atom. The number of oxazole rings is 1. The van der Waals surface area contributed by atoms with E-state index in [0.717, 1.165) is 61.9 Å².